The number of benzene rings is 1. The van der Waals surface area contributed by atoms with Gasteiger partial charge in [0.15, 0.2) is 0 Å². The number of carbonyl (C=O) groups is 1. The monoisotopic (exact) mass is 240 g/mol. The van der Waals surface area contributed by atoms with Crippen LogP contribution in [0, 0.1) is 0 Å². The van der Waals surface area contributed by atoms with Gasteiger partial charge in [-0.3, -0.25) is 4.79 Å². The molecule has 0 radical (unpaired) electrons. The summed E-state index contributed by atoms with van der Waals surface area (Å²) in [4.78, 5) is 11.2. The van der Waals surface area contributed by atoms with Crippen LogP contribution in [0.4, 0.5) is 8.78 Å². The van der Waals surface area contributed by atoms with Crippen LogP contribution >= 0.6 is 0 Å². The highest BCUT2D eigenvalue weighted by atomic mass is 19.3. The Hall–Kier alpha value is -1.75. The SMILES string of the molecule is NCC(F)(F)CNC(=O)/C=C/c1ccccc1. The Balaban J connectivity index is 2.43. The second-order valence-corrected chi connectivity index (χ2v) is 3.52. The number of rotatable bonds is 5. The van der Waals surface area contributed by atoms with Gasteiger partial charge in [0.05, 0.1) is 13.1 Å². The minimum Gasteiger partial charge on any atom is -0.346 e. The average Bonchev–Trinajstić information content (AvgIpc) is 2.35. The first-order valence-electron chi connectivity index (χ1n) is 5.12. The number of carbonyl (C=O) groups excluding carboxylic acids is 1. The summed E-state index contributed by atoms with van der Waals surface area (Å²) in [6, 6.07) is 9.09. The van der Waals surface area contributed by atoms with Crippen molar-refractivity contribution in [2.45, 2.75) is 5.92 Å². The molecule has 0 heterocycles. The van der Waals surface area contributed by atoms with Crippen LogP contribution in [0.25, 0.3) is 6.08 Å². The molecule has 1 aromatic carbocycles. The lowest BCUT2D eigenvalue weighted by atomic mass is 10.2. The second-order valence-electron chi connectivity index (χ2n) is 3.52. The third kappa shape index (κ3) is 5.21. The molecule has 1 rings (SSSR count). The summed E-state index contributed by atoms with van der Waals surface area (Å²) in [6.45, 7) is -1.53. The molecule has 0 fully saturated rings. The zero-order valence-corrected chi connectivity index (χ0v) is 9.20. The molecular weight excluding hydrogens is 226 g/mol. The van der Waals surface area contributed by atoms with Gasteiger partial charge in [0, 0.05) is 6.08 Å². The molecule has 0 saturated carbocycles. The lowest BCUT2D eigenvalue weighted by Crippen LogP contribution is -2.41. The molecule has 17 heavy (non-hydrogen) atoms. The predicted molar refractivity (Wildman–Crippen MR) is 62.5 cm³/mol. The highest BCUT2D eigenvalue weighted by Crippen LogP contribution is 2.08. The first kappa shape index (κ1) is 13.3. The summed E-state index contributed by atoms with van der Waals surface area (Å²) in [5.74, 6) is -3.63. The quantitative estimate of drug-likeness (QED) is 0.764. The minimum atomic E-state index is -3.06. The molecule has 0 aliphatic heterocycles. The molecule has 5 heteroatoms. The van der Waals surface area contributed by atoms with Crippen molar-refractivity contribution in [2.75, 3.05) is 13.1 Å². The van der Waals surface area contributed by atoms with Crippen molar-refractivity contribution in [1.82, 2.24) is 5.32 Å². The van der Waals surface area contributed by atoms with Gasteiger partial charge in [-0.2, -0.15) is 0 Å². The molecule has 0 aliphatic carbocycles. The van der Waals surface area contributed by atoms with Crippen LogP contribution in [0.3, 0.4) is 0 Å². The van der Waals surface area contributed by atoms with Crippen molar-refractivity contribution in [3.8, 4) is 0 Å². The van der Waals surface area contributed by atoms with Crippen LogP contribution in [-0.2, 0) is 4.79 Å². The van der Waals surface area contributed by atoms with Crippen molar-refractivity contribution >= 4 is 12.0 Å². The summed E-state index contributed by atoms with van der Waals surface area (Å²) in [6.07, 6.45) is 2.76. The average molecular weight is 240 g/mol. The van der Waals surface area contributed by atoms with E-state index >= 15 is 0 Å². The summed E-state index contributed by atoms with van der Waals surface area (Å²) in [5.41, 5.74) is 5.67. The van der Waals surface area contributed by atoms with E-state index < -0.39 is 24.9 Å². The number of hydrogen-bond donors (Lipinski definition) is 2. The lowest BCUT2D eigenvalue weighted by Gasteiger charge is -2.13. The van der Waals surface area contributed by atoms with E-state index in [0.717, 1.165) is 5.56 Å². The standard InChI is InChI=1S/C12H14F2N2O/c13-12(14,8-15)9-16-11(17)7-6-10-4-2-1-3-5-10/h1-7H,8-9,15H2,(H,16,17)/b7-6+. The van der Waals surface area contributed by atoms with Gasteiger partial charge in [0.1, 0.15) is 0 Å². The van der Waals surface area contributed by atoms with Crippen molar-refractivity contribution in [3.05, 3.63) is 42.0 Å². The van der Waals surface area contributed by atoms with Gasteiger partial charge >= 0.3 is 0 Å². The van der Waals surface area contributed by atoms with E-state index in [0.29, 0.717) is 0 Å². The fraction of sp³-hybridized carbons (Fsp3) is 0.250. The zero-order chi connectivity index (χ0) is 12.7. The fourth-order valence-electron chi connectivity index (χ4n) is 1.08. The Morgan fingerprint density at radius 3 is 2.59 bits per heavy atom. The Morgan fingerprint density at radius 2 is 2.00 bits per heavy atom. The third-order valence-corrected chi connectivity index (χ3v) is 2.05. The van der Waals surface area contributed by atoms with Crippen LogP contribution in [0.15, 0.2) is 36.4 Å². The Labute approximate surface area is 98.3 Å². The Bertz CT molecular complexity index is 391. The van der Waals surface area contributed by atoms with Crippen molar-refractivity contribution in [2.24, 2.45) is 5.73 Å². The van der Waals surface area contributed by atoms with Crippen LogP contribution < -0.4 is 11.1 Å². The molecule has 0 aromatic heterocycles. The Kier molecular flexibility index (Phi) is 4.78. The lowest BCUT2D eigenvalue weighted by molar-refractivity contribution is -0.118. The Morgan fingerprint density at radius 1 is 1.35 bits per heavy atom. The predicted octanol–water partition coefficient (Wildman–Crippen LogP) is 1.41. The topological polar surface area (TPSA) is 55.1 Å². The first-order chi connectivity index (χ1) is 8.03. The molecule has 0 bridgehead atoms. The number of hydrogen-bond acceptors (Lipinski definition) is 2. The highest BCUT2D eigenvalue weighted by molar-refractivity contribution is 5.91. The molecule has 3 nitrogen and oxygen atoms in total. The fourth-order valence-corrected chi connectivity index (χ4v) is 1.08. The molecule has 0 saturated heterocycles. The van der Waals surface area contributed by atoms with E-state index in [9.17, 15) is 13.6 Å². The summed E-state index contributed by atoms with van der Waals surface area (Å²) < 4.78 is 25.4. The molecule has 3 N–H and O–H groups in total. The van der Waals surface area contributed by atoms with Crippen molar-refractivity contribution in [3.63, 3.8) is 0 Å². The van der Waals surface area contributed by atoms with Gasteiger partial charge in [-0.1, -0.05) is 30.3 Å². The number of nitrogens with two attached hydrogens (primary N) is 1. The number of nitrogens with one attached hydrogen (secondary N) is 1. The maximum absolute atomic E-state index is 12.7. The van der Waals surface area contributed by atoms with Gasteiger partial charge in [-0.15, -0.1) is 0 Å². The first-order valence-corrected chi connectivity index (χ1v) is 5.12. The van der Waals surface area contributed by atoms with E-state index in [-0.39, 0.29) is 0 Å². The smallest absolute Gasteiger partial charge is 0.277 e. The summed E-state index contributed by atoms with van der Waals surface area (Å²) >= 11 is 0. The van der Waals surface area contributed by atoms with Crippen LogP contribution in [0.2, 0.25) is 0 Å². The van der Waals surface area contributed by atoms with Crippen LogP contribution in [-0.4, -0.2) is 24.9 Å². The molecule has 92 valence electrons. The molecule has 0 unspecified atom stereocenters. The maximum atomic E-state index is 12.7. The largest absolute Gasteiger partial charge is 0.346 e. The van der Waals surface area contributed by atoms with Gasteiger partial charge in [0.2, 0.25) is 5.91 Å². The van der Waals surface area contributed by atoms with Gasteiger partial charge in [-0.05, 0) is 11.6 Å². The van der Waals surface area contributed by atoms with E-state index in [4.69, 9.17) is 5.73 Å². The summed E-state index contributed by atoms with van der Waals surface area (Å²) in [5, 5.41) is 2.09. The molecular formula is C12H14F2N2O. The molecule has 1 amide bonds. The zero-order valence-electron chi connectivity index (χ0n) is 9.20. The van der Waals surface area contributed by atoms with Crippen LogP contribution in [0.5, 0.6) is 0 Å². The van der Waals surface area contributed by atoms with E-state index in [1.54, 1.807) is 18.2 Å². The van der Waals surface area contributed by atoms with Gasteiger partial charge < -0.3 is 11.1 Å². The highest BCUT2D eigenvalue weighted by Gasteiger charge is 2.26. The van der Waals surface area contributed by atoms with Gasteiger partial charge in [0.25, 0.3) is 5.92 Å². The van der Waals surface area contributed by atoms with E-state index in [2.05, 4.69) is 5.32 Å². The molecule has 0 spiro atoms. The number of halogens is 2. The van der Waals surface area contributed by atoms with Crippen molar-refractivity contribution in [1.29, 1.82) is 0 Å². The van der Waals surface area contributed by atoms with Gasteiger partial charge in [-0.25, -0.2) is 8.78 Å². The van der Waals surface area contributed by atoms with Crippen LogP contribution in [0.1, 0.15) is 5.56 Å². The normalized spacial score (nSPS) is 11.7. The number of amides is 1. The minimum absolute atomic E-state index is 0.568. The molecule has 1 aromatic rings. The maximum Gasteiger partial charge on any atom is 0.277 e. The third-order valence-electron chi connectivity index (χ3n) is 2.05. The summed E-state index contributed by atoms with van der Waals surface area (Å²) in [7, 11) is 0. The van der Waals surface area contributed by atoms with E-state index in [1.165, 1.54) is 6.08 Å². The molecule has 0 aliphatic rings. The number of alkyl halides is 2. The second kappa shape index (κ2) is 6.10. The molecule has 0 atom stereocenters. The van der Waals surface area contributed by atoms with Crippen molar-refractivity contribution < 1.29 is 13.6 Å². The van der Waals surface area contributed by atoms with E-state index in [1.807, 2.05) is 18.2 Å².